The third-order valence-corrected chi connectivity index (χ3v) is 3.33. The summed E-state index contributed by atoms with van der Waals surface area (Å²) in [6, 6.07) is 10.1. The van der Waals surface area contributed by atoms with Crippen molar-refractivity contribution in [3.05, 3.63) is 51.9 Å². The molecule has 0 atom stereocenters. The highest BCUT2D eigenvalue weighted by Crippen LogP contribution is 2.31. The molecule has 1 aromatic heterocycles. The fourth-order valence-corrected chi connectivity index (χ4v) is 2.48. The van der Waals surface area contributed by atoms with Gasteiger partial charge in [-0.05, 0) is 36.5 Å². The van der Waals surface area contributed by atoms with Crippen molar-refractivity contribution in [3.8, 4) is 11.1 Å². The Morgan fingerprint density at radius 2 is 1.94 bits per heavy atom. The van der Waals surface area contributed by atoms with E-state index in [9.17, 15) is 4.79 Å². The van der Waals surface area contributed by atoms with Gasteiger partial charge in [-0.1, -0.05) is 24.3 Å². The van der Waals surface area contributed by atoms with Gasteiger partial charge in [-0.15, -0.1) is 0 Å². The van der Waals surface area contributed by atoms with Crippen molar-refractivity contribution in [1.29, 1.82) is 0 Å². The molecule has 0 fully saturated rings. The van der Waals surface area contributed by atoms with Crippen molar-refractivity contribution in [2.24, 2.45) is 0 Å². The maximum Gasteiger partial charge on any atom is 0.271 e. The SMILES string of the molecule is Nc1cc2c([nH]c1=O)CCCc1ccccc1-2. The van der Waals surface area contributed by atoms with Crippen LogP contribution in [0.3, 0.4) is 0 Å². The molecule has 0 aliphatic heterocycles. The number of H-pyrrole nitrogens is 1. The first kappa shape index (κ1) is 10.1. The van der Waals surface area contributed by atoms with Gasteiger partial charge in [-0.3, -0.25) is 4.79 Å². The quantitative estimate of drug-likeness (QED) is 0.722. The molecule has 0 bridgehead atoms. The summed E-state index contributed by atoms with van der Waals surface area (Å²) >= 11 is 0. The fraction of sp³-hybridized carbons (Fsp3) is 0.214. The number of hydrogen-bond donors (Lipinski definition) is 2. The summed E-state index contributed by atoms with van der Waals surface area (Å²) in [4.78, 5) is 14.4. The summed E-state index contributed by atoms with van der Waals surface area (Å²) < 4.78 is 0. The fourth-order valence-electron chi connectivity index (χ4n) is 2.48. The summed E-state index contributed by atoms with van der Waals surface area (Å²) in [5.74, 6) is 0. The molecule has 3 N–H and O–H groups in total. The minimum atomic E-state index is -0.178. The highest BCUT2D eigenvalue weighted by Gasteiger charge is 2.15. The molecule has 1 aromatic carbocycles. The van der Waals surface area contributed by atoms with E-state index in [1.807, 2.05) is 6.07 Å². The van der Waals surface area contributed by atoms with E-state index in [0.717, 1.165) is 30.5 Å². The van der Waals surface area contributed by atoms with E-state index in [-0.39, 0.29) is 5.56 Å². The first-order valence-electron chi connectivity index (χ1n) is 5.85. The van der Waals surface area contributed by atoms with Gasteiger partial charge in [0.1, 0.15) is 0 Å². The lowest BCUT2D eigenvalue weighted by Crippen LogP contribution is -2.14. The van der Waals surface area contributed by atoms with Crippen molar-refractivity contribution >= 4 is 5.69 Å². The highest BCUT2D eigenvalue weighted by molar-refractivity contribution is 5.72. The van der Waals surface area contributed by atoms with Gasteiger partial charge in [-0.2, -0.15) is 0 Å². The van der Waals surface area contributed by atoms with E-state index < -0.39 is 0 Å². The van der Waals surface area contributed by atoms with Crippen molar-refractivity contribution < 1.29 is 0 Å². The maximum absolute atomic E-state index is 11.5. The molecule has 3 nitrogen and oxygen atoms in total. The number of nitrogens with two attached hydrogens (primary N) is 1. The molecule has 1 heterocycles. The van der Waals surface area contributed by atoms with Crippen molar-refractivity contribution in [2.45, 2.75) is 19.3 Å². The number of aromatic amines is 1. The number of hydrogen-bond acceptors (Lipinski definition) is 2. The molecule has 0 saturated heterocycles. The van der Waals surface area contributed by atoms with Gasteiger partial charge < -0.3 is 10.7 Å². The van der Waals surface area contributed by atoms with Gasteiger partial charge >= 0.3 is 0 Å². The zero-order valence-corrected chi connectivity index (χ0v) is 9.49. The van der Waals surface area contributed by atoms with Crippen molar-refractivity contribution in [1.82, 2.24) is 4.98 Å². The number of anilines is 1. The lowest BCUT2D eigenvalue weighted by atomic mass is 9.99. The molecule has 17 heavy (non-hydrogen) atoms. The molecular formula is C14H14N2O. The third kappa shape index (κ3) is 1.64. The number of aryl methyl sites for hydroxylation is 2. The normalized spacial score (nSPS) is 13.6. The summed E-state index contributed by atoms with van der Waals surface area (Å²) in [5.41, 5.74) is 10.4. The lowest BCUT2D eigenvalue weighted by molar-refractivity contribution is 0.811. The Balaban J connectivity index is 2.32. The monoisotopic (exact) mass is 226 g/mol. The Bertz CT molecular complexity index is 628. The molecule has 0 unspecified atom stereocenters. The van der Waals surface area contributed by atoms with Gasteiger partial charge in [0.2, 0.25) is 0 Å². The standard InChI is InChI=1S/C14H14N2O/c15-12-8-11-10-6-2-1-4-9(10)5-3-7-13(11)16-14(12)17/h1-2,4,6,8H,3,5,7,15H2,(H,16,17). The first-order chi connectivity index (χ1) is 8.25. The first-order valence-corrected chi connectivity index (χ1v) is 5.85. The van der Waals surface area contributed by atoms with Crippen LogP contribution in [0, 0.1) is 0 Å². The summed E-state index contributed by atoms with van der Waals surface area (Å²) in [7, 11) is 0. The topological polar surface area (TPSA) is 58.9 Å². The second-order valence-corrected chi connectivity index (χ2v) is 4.46. The van der Waals surface area contributed by atoms with Crippen LogP contribution in [0.5, 0.6) is 0 Å². The van der Waals surface area contributed by atoms with Crippen LogP contribution in [0.1, 0.15) is 17.7 Å². The Kier molecular flexibility index (Phi) is 2.25. The van der Waals surface area contributed by atoms with Crippen LogP contribution in [0.4, 0.5) is 5.69 Å². The highest BCUT2D eigenvalue weighted by atomic mass is 16.1. The van der Waals surface area contributed by atoms with Crippen molar-refractivity contribution in [2.75, 3.05) is 5.73 Å². The van der Waals surface area contributed by atoms with E-state index in [1.165, 1.54) is 11.1 Å². The second-order valence-electron chi connectivity index (χ2n) is 4.46. The average Bonchev–Trinajstić information content (AvgIpc) is 2.50. The number of pyridine rings is 1. The predicted molar refractivity (Wildman–Crippen MR) is 68.9 cm³/mol. The summed E-state index contributed by atoms with van der Waals surface area (Å²) in [6.07, 6.45) is 3.01. The summed E-state index contributed by atoms with van der Waals surface area (Å²) in [5, 5.41) is 0. The molecule has 2 aromatic rings. The molecule has 1 aliphatic carbocycles. The van der Waals surface area contributed by atoms with Gasteiger partial charge in [0.15, 0.2) is 0 Å². The second kappa shape index (κ2) is 3.77. The van der Waals surface area contributed by atoms with E-state index in [1.54, 1.807) is 6.07 Å². The number of nitrogen functional groups attached to an aromatic ring is 1. The van der Waals surface area contributed by atoms with Crippen molar-refractivity contribution in [3.63, 3.8) is 0 Å². The third-order valence-electron chi connectivity index (χ3n) is 3.33. The minimum absolute atomic E-state index is 0.178. The molecule has 0 amide bonds. The average molecular weight is 226 g/mol. The molecule has 3 rings (SSSR count). The molecule has 86 valence electrons. The van der Waals surface area contributed by atoms with Crippen LogP contribution in [-0.4, -0.2) is 4.98 Å². The molecule has 1 aliphatic rings. The van der Waals surface area contributed by atoms with E-state index in [4.69, 9.17) is 5.73 Å². The molecule has 0 spiro atoms. The number of aromatic nitrogens is 1. The van der Waals surface area contributed by atoms with Crippen LogP contribution >= 0.6 is 0 Å². The molecule has 3 heteroatoms. The molecule has 0 radical (unpaired) electrons. The lowest BCUT2D eigenvalue weighted by Gasteiger charge is -2.09. The minimum Gasteiger partial charge on any atom is -0.394 e. The zero-order valence-electron chi connectivity index (χ0n) is 9.49. The Labute approximate surface area is 99.3 Å². The number of fused-ring (bicyclic) bond motifs is 3. The van der Waals surface area contributed by atoms with Crippen LogP contribution in [0.25, 0.3) is 11.1 Å². The number of nitrogens with one attached hydrogen (secondary N) is 1. The Hall–Kier alpha value is -2.03. The maximum atomic E-state index is 11.5. The Morgan fingerprint density at radius 1 is 1.12 bits per heavy atom. The zero-order chi connectivity index (χ0) is 11.8. The Morgan fingerprint density at radius 3 is 2.82 bits per heavy atom. The van der Waals surface area contributed by atoms with Crippen LogP contribution in [-0.2, 0) is 12.8 Å². The van der Waals surface area contributed by atoms with Crippen LogP contribution in [0.15, 0.2) is 35.1 Å². The largest absolute Gasteiger partial charge is 0.394 e. The van der Waals surface area contributed by atoms with Crippen LogP contribution < -0.4 is 11.3 Å². The molecular weight excluding hydrogens is 212 g/mol. The van der Waals surface area contributed by atoms with Gasteiger partial charge in [0.25, 0.3) is 5.56 Å². The van der Waals surface area contributed by atoms with Crippen LogP contribution in [0.2, 0.25) is 0 Å². The van der Waals surface area contributed by atoms with Gasteiger partial charge in [0, 0.05) is 11.3 Å². The number of rotatable bonds is 0. The molecule has 0 saturated carbocycles. The van der Waals surface area contributed by atoms with Gasteiger partial charge in [-0.25, -0.2) is 0 Å². The van der Waals surface area contributed by atoms with E-state index in [2.05, 4.69) is 23.2 Å². The van der Waals surface area contributed by atoms with Gasteiger partial charge in [0.05, 0.1) is 5.69 Å². The summed E-state index contributed by atoms with van der Waals surface area (Å²) in [6.45, 7) is 0. The smallest absolute Gasteiger partial charge is 0.271 e. The predicted octanol–water partition coefficient (Wildman–Crippen LogP) is 2.11. The number of benzene rings is 1. The van der Waals surface area contributed by atoms with E-state index in [0.29, 0.717) is 5.69 Å². The van der Waals surface area contributed by atoms with E-state index >= 15 is 0 Å².